The Labute approximate surface area is 113 Å². The number of aromatic nitrogens is 3. The summed E-state index contributed by atoms with van der Waals surface area (Å²) in [6, 6.07) is 0. The summed E-state index contributed by atoms with van der Waals surface area (Å²) in [5.74, 6) is 0. The molecule has 1 heterocycles. The van der Waals surface area contributed by atoms with Crippen LogP contribution in [-0.4, -0.2) is 51.7 Å². The van der Waals surface area contributed by atoms with Gasteiger partial charge in [0.15, 0.2) is 0 Å². The highest BCUT2D eigenvalue weighted by Gasteiger charge is 2.18. The predicted octanol–water partition coefficient (Wildman–Crippen LogP) is 0.772. The number of nitrogens with zero attached hydrogens (tertiary/aromatic N) is 4. The molecular weight excluding hydrogens is 246 g/mol. The number of aryl methyl sites for hydroxylation is 1. The summed E-state index contributed by atoms with van der Waals surface area (Å²) in [6.45, 7) is 7.50. The second kappa shape index (κ2) is 6.51. The maximum atomic E-state index is 11.7. The number of likely N-dealkylation sites (N-methyl/N-ethyl adjacent to an activating group) is 1. The molecule has 0 radical (unpaired) electrons. The molecular formula is C12H23N5O2. The van der Waals surface area contributed by atoms with Gasteiger partial charge in [-0.05, 0) is 20.8 Å². The molecule has 1 rings (SSSR count). The number of carbonyl (C=O) groups is 1. The molecule has 7 nitrogen and oxygen atoms in total. The van der Waals surface area contributed by atoms with Crippen LogP contribution in [0, 0.1) is 0 Å². The largest absolute Gasteiger partial charge is 0.444 e. The maximum absolute atomic E-state index is 11.7. The third-order valence-corrected chi connectivity index (χ3v) is 2.44. The van der Waals surface area contributed by atoms with E-state index in [4.69, 9.17) is 4.74 Å². The number of ether oxygens (including phenoxy) is 1. The Morgan fingerprint density at radius 3 is 2.74 bits per heavy atom. The van der Waals surface area contributed by atoms with E-state index < -0.39 is 5.60 Å². The van der Waals surface area contributed by atoms with E-state index in [1.54, 1.807) is 22.8 Å². The number of amides is 1. The highest BCUT2D eigenvalue weighted by atomic mass is 16.6. The number of nitrogens with one attached hydrogen (secondary N) is 1. The van der Waals surface area contributed by atoms with Crippen LogP contribution in [-0.2, 0) is 18.3 Å². The van der Waals surface area contributed by atoms with Gasteiger partial charge >= 0.3 is 6.09 Å². The van der Waals surface area contributed by atoms with Gasteiger partial charge in [-0.25, -0.2) is 4.79 Å². The first-order valence-electron chi connectivity index (χ1n) is 6.28. The van der Waals surface area contributed by atoms with Gasteiger partial charge in [-0.1, -0.05) is 5.21 Å². The van der Waals surface area contributed by atoms with Crippen LogP contribution in [0.5, 0.6) is 0 Å². The second-order valence-corrected chi connectivity index (χ2v) is 5.43. The lowest BCUT2D eigenvalue weighted by Gasteiger charge is -2.24. The van der Waals surface area contributed by atoms with Gasteiger partial charge in [-0.2, -0.15) is 0 Å². The molecule has 0 atom stereocenters. The van der Waals surface area contributed by atoms with Gasteiger partial charge in [-0.3, -0.25) is 4.68 Å². The zero-order valence-corrected chi connectivity index (χ0v) is 12.3. The lowest BCUT2D eigenvalue weighted by atomic mass is 10.2. The van der Waals surface area contributed by atoms with Crippen LogP contribution in [0.3, 0.4) is 0 Å². The molecule has 1 amide bonds. The lowest BCUT2D eigenvalue weighted by Crippen LogP contribution is -2.38. The zero-order valence-electron chi connectivity index (χ0n) is 12.3. The van der Waals surface area contributed by atoms with Crippen LogP contribution in [0.25, 0.3) is 0 Å². The molecule has 0 aromatic carbocycles. The van der Waals surface area contributed by atoms with Crippen molar-refractivity contribution in [3.8, 4) is 0 Å². The van der Waals surface area contributed by atoms with Crippen molar-refractivity contribution < 1.29 is 9.53 Å². The Morgan fingerprint density at radius 2 is 2.21 bits per heavy atom. The van der Waals surface area contributed by atoms with Gasteiger partial charge in [0.2, 0.25) is 0 Å². The SMILES string of the molecule is CN(CCNCc1cnnn1C)C(=O)OC(C)(C)C. The highest BCUT2D eigenvalue weighted by molar-refractivity contribution is 5.67. The van der Waals surface area contributed by atoms with Gasteiger partial charge < -0.3 is 15.0 Å². The Morgan fingerprint density at radius 1 is 1.53 bits per heavy atom. The predicted molar refractivity (Wildman–Crippen MR) is 71.6 cm³/mol. The van der Waals surface area contributed by atoms with E-state index in [9.17, 15) is 4.79 Å². The second-order valence-electron chi connectivity index (χ2n) is 5.43. The summed E-state index contributed by atoms with van der Waals surface area (Å²) in [6.07, 6.45) is 1.40. The first-order chi connectivity index (χ1) is 8.79. The summed E-state index contributed by atoms with van der Waals surface area (Å²) in [4.78, 5) is 13.2. The topological polar surface area (TPSA) is 72.3 Å². The molecule has 0 saturated carbocycles. The smallest absolute Gasteiger partial charge is 0.410 e. The van der Waals surface area contributed by atoms with Crippen LogP contribution in [0.4, 0.5) is 4.79 Å². The summed E-state index contributed by atoms with van der Waals surface area (Å²) in [7, 11) is 3.57. The van der Waals surface area contributed by atoms with E-state index in [2.05, 4.69) is 15.6 Å². The molecule has 0 saturated heterocycles. The minimum Gasteiger partial charge on any atom is -0.444 e. The molecule has 7 heteroatoms. The molecule has 1 aromatic heterocycles. The fourth-order valence-electron chi connectivity index (χ4n) is 1.37. The van der Waals surface area contributed by atoms with Crippen molar-refractivity contribution in [2.75, 3.05) is 20.1 Å². The number of rotatable bonds is 5. The van der Waals surface area contributed by atoms with E-state index in [0.29, 0.717) is 19.6 Å². The number of carbonyl (C=O) groups excluding carboxylic acids is 1. The highest BCUT2D eigenvalue weighted by Crippen LogP contribution is 2.08. The minimum absolute atomic E-state index is 0.309. The minimum atomic E-state index is -0.459. The van der Waals surface area contributed by atoms with Crippen LogP contribution in [0.2, 0.25) is 0 Å². The van der Waals surface area contributed by atoms with Gasteiger partial charge in [0, 0.05) is 33.7 Å². The molecule has 0 aliphatic carbocycles. The molecule has 1 N–H and O–H groups in total. The fraction of sp³-hybridized carbons (Fsp3) is 0.750. The molecule has 108 valence electrons. The molecule has 1 aromatic rings. The third-order valence-electron chi connectivity index (χ3n) is 2.44. The van der Waals surface area contributed by atoms with Crippen LogP contribution >= 0.6 is 0 Å². The van der Waals surface area contributed by atoms with Crippen molar-refractivity contribution in [3.05, 3.63) is 11.9 Å². The van der Waals surface area contributed by atoms with Crippen LogP contribution in [0.15, 0.2) is 6.20 Å². The van der Waals surface area contributed by atoms with Crippen molar-refractivity contribution in [2.24, 2.45) is 7.05 Å². The maximum Gasteiger partial charge on any atom is 0.410 e. The van der Waals surface area contributed by atoms with Crippen molar-refractivity contribution in [2.45, 2.75) is 32.9 Å². The molecule has 0 aliphatic heterocycles. The van der Waals surface area contributed by atoms with Crippen LogP contribution in [0.1, 0.15) is 26.5 Å². The quantitative estimate of drug-likeness (QED) is 0.799. The van der Waals surface area contributed by atoms with Gasteiger partial charge in [0.05, 0.1) is 11.9 Å². The molecule has 19 heavy (non-hydrogen) atoms. The zero-order chi connectivity index (χ0) is 14.5. The summed E-state index contributed by atoms with van der Waals surface area (Å²) >= 11 is 0. The van der Waals surface area contributed by atoms with Gasteiger partial charge in [-0.15, -0.1) is 5.10 Å². The standard InChI is InChI=1S/C12H23N5O2/c1-12(2,3)19-11(18)16(4)7-6-13-8-10-9-14-15-17(10)5/h9,13H,6-8H2,1-5H3. The lowest BCUT2D eigenvalue weighted by molar-refractivity contribution is 0.0300. The normalized spacial score (nSPS) is 11.4. The molecule has 0 aliphatic rings. The Balaban J connectivity index is 2.22. The van der Waals surface area contributed by atoms with E-state index in [1.165, 1.54) is 0 Å². The van der Waals surface area contributed by atoms with Crippen molar-refractivity contribution in [1.82, 2.24) is 25.2 Å². The first-order valence-corrected chi connectivity index (χ1v) is 6.28. The number of hydrogen-bond donors (Lipinski definition) is 1. The Kier molecular flexibility index (Phi) is 5.29. The van der Waals surface area contributed by atoms with E-state index in [1.807, 2.05) is 27.8 Å². The average Bonchev–Trinajstić information content (AvgIpc) is 2.68. The van der Waals surface area contributed by atoms with E-state index >= 15 is 0 Å². The average molecular weight is 269 g/mol. The molecule has 0 fully saturated rings. The third kappa shape index (κ3) is 5.69. The monoisotopic (exact) mass is 269 g/mol. The number of hydrogen-bond acceptors (Lipinski definition) is 5. The molecule has 0 unspecified atom stereocenters. The van der Waals surface area contributed by atoms with Gasteiger partial charge in [0.25, 0.3) is 0 Å². The first kappa shape index (κ1) is 15.4. The van der Waals surface area contributed by atoms with Crippen LogP contribution < -0.4 is 5.32 Å². The molecule has 0 bridgehead atoms. The van der Waals surface area contributed by atoms with E-state index in [-0.39, 0.29) is 6.09 Å². The van der Waals surface area contributed by atoms with Crippen molar-refractivity contribution >= 4 is 6.09 Å². The summed E-state index contributed by atoms with van der Waals surface area (Å²) < 4.78 is 6.97. The van der Waals surface area contributed by atoms with Crippen molar-refractivity contribution in [1.29, 1.82) is 0 Å². The van der Waals surface area contributed by atoms with Gasteiger partial charge in [0.1, 0.15) is 5.60 Å². The summed E-state index contributed by atoms with van der Waals surface area (Å²) in [5.41, 5.74) is 0.541. The summed E-state index contributed by atoms with van der Waals surface area (Å²) in [5, 5.41) is 10.9. The fourth-order valence-corrected chi connectivity index (χ4v) is 1.37. The van der Waals surface area contributed by atoms with E-state index in [0.717, 1.165) is 5.69 Å². The molecule has 0 spiro atoms. The Bertz CT molecular complexity index is 410. The van der Waals surface area contributed by atoms with Crippen molar-refractivity contribution in [3.63, 3.8) is 0 Å². The Hall–Kier alpha value is -1.63.